The van der Waals surface area contributed by atoms with Gasteiger partial charge in [0.1, 0.15) is 23.7 Å². The first kappa shape index (κ1) is 43.7. The summed E-state index contributed by atoms with van der Waals surface area (Å²) >= 11 is 0. The molecule has 0 saturated carbocycles. The molecule has 0 spiro atoms. The number of nitrogens with zero attached hydrogens (tertiary/aromatic N) is 5. The SMILES string of the molecule is COC(=O)N[C@H](C(=O)N1CCC[C@H]1c1ncc(C2=CCC(C)(c3ccc(-c4cnc([C@@H]5CCCN5C(=O)[C@H](NC(=O)N5CCC(O)CC5)c5ccccc5)[nH]4)cc3)CC2)[nH]1)C(C)C. The third kappa shape index (κ3) is 9.39. The number of hydrogen-bond acceptors (Lipinski definition) is 8. The van der Waals surface area contributed by atoms with Gasteiger partial charge in [-0.2, -0.15) is 0 Å². The van der Waals surface area contributed by atoms with Crippen molar-refractivity contribution >= 4 is 29.5 Å². The van der Waals surface area contributed by atoms with Gasteiger partial charge in [0.2, 0.25) is 11.8 Å². The molecule has 5 N–H and O–H groups in total. The summed E-state index contributed by atoms with van der Waals surface area (Å²) in [7, 11) is 1.30. The number of alkyl carbamates (subject to hydrolysis) is 1. The number of imidazole rings is 2. The molecule has 3 aliphatic heterocycles. The van der Waals surface area contributed by atoms with E-state index < -0.39 is 24.3 Å². The number of methoxy groups -OCH3 is 1. The van der Waals surface area contributed by atoms with E-state index in [0.717, 1.165) is 79.1 Å². The number of aliphatic hydroxyl groups is 1. The van der Waals surface area contributed by atoms with Crippen LogP contribution in [0.4, 0.5) is 9.59 Å². The maximum atomic E-state index is 14.3. The molecule has 4 aliphatic rings. The first-order chi connectivity index (χ1) is 30.4. The number of piperidine rings is 1. The molecule has 2 aromatic carbocycles. The van der Waals surface area contributed by atoms with Crippen LogP contribution in [-0.4, -0.2) is 109 Å². The molecule has 1 aliphatic carbocycles. The molecule has 3 fully saturated rings. The maximum Gasteiger partial charge on any atom is 0.407 e. The monoisotopic (exact) mass is 859 g/mol. The van der Waals surface area contributed by atoms with E-state index in [4.69, 9.17) is 14.7 Å². The summed E-state index contributed by atoms with van der Waals surface area (Å²) < 4.78 is 4.78. The van der Waals surface area contributed by atoms with Gasteiger partial charge in [0.05, 0.1) is 49.1 Å². The van der Waals surface area contributed by atoms with Crippen molar-refractivity contribution in [2.24, 2.45) is 5.92 Å². The van der Waals surface area contributed by atoms with Gasteiger partial charge in [-0.25, -0.2) is 19.6 Å². The lowest BCUT2D eigenvalue weighted by Gasteiger charge is -2.33. The molecule has 0 radical (unpaired) electrons. The van der Waals surface area contributed by atoms with E-state index >= 15 is 0 Å². The molecule has 8 rings (SSSR count). The number of likely N-dealkylation sites (tertiary alicyclic amines) is 3. The Morgan fingerprint density at radius 3 is 2.03 bits per heavy atom. The van der Waals surface area contributed by atoms with Gasteiger partial charge < -0.3 is 45.1 Å². The van der Waals surface area contributed by atoms with Crippen molar-refractivity contribution in [3.05, 3.63) is 102 Å². The Bertz CT molecular complexity index is 2280. The van der Waals surface area contributed by atoms with Gasteiger partial charge in [0.15, 0.2) is 0 Å². The molecule has 5 amide bonds. The average Bonchev–Trinajstić information content (AvgIpc) is 4.15. The van der Waals surface area contributed by atoms with E-state index in [0.29, 0.717) is 39.0 Å². The average molecular weight is 860 g/mol. The molecular formula is C48H61N9O6. The van der Waals surface area contributed by atoms with E-state index in [2.05, 4.69) is 57.9 Å². The largest absolute Gasteiger partial charge is 0.453 e. The van der Waals surface area contributed by atoms with Crippen molar-refractivity contribution in [1.82, 2.24) is 45.3 Å². The van der Waals surface area contributed by atoms with Crippen LogP contribution in [0.5, 0.6) is 0 Å². The summed E-state index contributed by atoms with van der Waals surface area (Å²) in [5.41, 5.74) is 6.01. The summed E-state index contributed by atoms with van der Waals surface area (Å²) in [6.45, 7) is 8.20. The number of aliphatic hydroxyl groups excluding tert-OH is 1. The number of urea groups is 1. The Morgan fingerprint density at radius 1 is 0.810 bits per heavy atom. The van der Waals surface area contributed by atoms with Crippen molar-refractivity contribution in [3.63, 3.8) is 0 Å². The molecular weight excluding hydrogens is 799 g/mol. The highest BCUT2D eigenvalue weighted by atomic mass is 16.5. The van der Waals surface area contributed by atoms with Gasteiger partial charge in [-0.1, -0.05) is 81.4 Å². The second kappa shape index (κ2) is 18.8. The van der Waals surface area contributed by atoms with Crippen molar-refractivity contribution in [2.75, 3.05) is 33.3 Å². The van der Waals surface area contributed by atoms with Crippen LogP contribution in [0, 0.1) is 5.92 Å². The Kier molecular flexibility index (Phi) is 13.0. The molecule has 1 unspecified atom stereocenters. The Morgan fingerprint density at radius 2 is 1.43 bits per heavy atom. The van der Waals surface area contributed by atoms with Crippen molar-refractivity contribution < 1.29 is 29.0 Å². The smallest absolute Gasteiger partial charge is 0.407 e. The Balaban J connectivity index is 0.909. The lowest BCUT2D eigenvalue weighted by atomic mass is 9.71. The van der Waals surface area contributed by atoms with Crippen LogP contribution >= 0.6 is 0 Å². The zero-order valence-electron chi connectivity index (χ0n) is 36.8. The second-order valence-electron chi connectivity index (χ2n) is 18.2. The fourth-order valence-electron chi connectivity index (χ4n) is 9.73. The van der Waals surface area contributed by atoms with Crippen LogP contribution in [0.15, 0.2) is 73.1 Å². The van der Waals surface area contributed by atoms with Crippen LogP contribution in [0.1, 0.15) is 125 Å². The van der Waals surface area contributed by atoms with Crippen molar-refractivity contribution in [3.8, 4) is 11.3 Å². The minimum absolute atomic E-state index is 0.0537. The van der Waals surface area contributed by atoms with E-state index in [1.807, 2.05) is 66.4 Å². The number of hydrogen-bond donors (Lipinski definition) is 5. The number of carbonyl (C=O) groups is 4. The summed E-state index contributed by atoms with van der Waals surface area (Å²) in [6, 6.07) is 15.8. The molecule has 2 aromatic heterocycles. The third-order valence-corrected chi connectivity index (χ3v) is 13.7. The standard InChI is InChI=1S/C48H61N9O6/c1-30(2)40(54-47(62)63-4)44(59)56-24-8-12-38(56)42-50-29-37(52-42)32-18-22-48(3,23-19-32)34-16-14-31(15-17-34)36-28-49-43(51-36)39-13-9-25-57(39)45(60)41(33-10-6-5-7-11-33)53-46(61)55-26-20-35(58)21-27-55/h5-7,10-11,14-18,28-30,35,38-41,58H,8-9,12-13,19-27H2,1-4H3,(H,49,51)(H,50,52)(H,53,61)(H,54,62)/t38-,39-,40-,41+,48?/m0/s1. The summed E-state index contributed by atoms with van der Waals surface area (Å²) in [6.07, 6.45) is 12.0. The number of amides is 5. The number of aromatic nitrogens is 4. The highest BCUT2D eigenvalue weighted by Crippen LogP contribution is 2.42. The fourth-order valence-corrected chi connectivity index (χ4v) is 9.73. The lowest BCUT2D eigenvalue weighted by molar-refractivity contribution is -0.135. The molecule has 5 atom stereocenters. The van der Waals surface area contributed by atoms with Crippen LogP contribution in [0.25, 0.3) is 16.8 Å². The number of benzene rings is 2. The van der Waals surface area contributed by atoms with Crippen LogP contribution in [0.2, 0.25) is 0 Å². The summed E-state index contributed by atoms with van der Waals surface area (Å²) in [5, 5.41) is 15.7. The van der Waals surface area contributed by atoms with E-state index in [9.17, 15) is 24.3 Å². The number of aromatic amines is 2. The van der Waals surface area contributed by atoms with Gasteiger partial charge in [-0.05, 0) is 91.4 Å². The molecule has 63 heavy (non-hydrogen) atoms. The maximum absolute atomic E-state index is 14.3. The normalized spacial score (nSPS) is 22.8. The highest BCUT2D eigenvalue weighted by Gasteiger charge is 2.40. The first-order valence-electron chi connectivity index (χ1n) is 22.6. The van der Waals surface area contributed by atoms with Gasteiger partial charge in [0, 0.05) is 26.2 Å². The van der Waals surface area contributed by atoms with E-state index in [-0.39, 0.29) is 41.3 Å². The Labute approximate surface area is 369 Å². The first-order valence-corrected chi connectivity index (χ1v) is 22.6. The lowest BCUT2D eigenvalue weighted by Crippen LogP contribution is -2.51. The molecule has 15 nitrogen and oxygen atoms in total. The van der Waals surface area contributed by atoms with Gasteiger partial charge in [-0.15, -0.1) is 0 Å². The molecule has 334 valence electrons. The zero-order valence-corrected chi connectivity index (χ0v) is 36.8. The minimum Gasteiger partial charge on any atom is -0.453 e. The topological polar surface area (TPSA) is 189 Å². The number of carbonyl (C=O) groups excluding carboxylic acids is 4. The van der Waals surface area contributed by atoms with E-state index in [1.165, 1.54) is 18.2 Å². The zero-order chi connectivity index (χ0) is 44.3. The van der Waals surface area contributed by atoms with Crippen molar-refractivity contribution in [2.45, 2.75) is 114 Å². The molecule has 3 saturated heterocycles. The van der Waals surface area contributed by atoms with Crippen LogP contribution in [-0.2, 0) is 19.7 Å². The quantitative estimate of drug-likeness (QED) is 0.107. The number of ether oxygens (including phenoxy) is 1. The third-order valence-electron chi connectivity index (χ3n) is 13.7. The predicted octanol–water partition coefficient (Wildman–Crippen LogP) is 6.94. The molecule has 5 heterocycles. The summed E-state index contributed by atoms with van der Waals surface area (Å²) in [5.74, 6) is 1.11. The van der Waals surface area contributed by atoms with Crippen LogP contribution < -0.4 is 10.6 Å². The van der Waals surface area contributed by atoms with Gasteiger partial charge in [0.25, 0.3) is 0 Å². The number of allylic oxidation sites excluding steroid dienone is 2. The minimum atomic E-state index is -0.848. The summed E-state index contributed by atoms with van der Waals surface area (Å²) in [4.78, 5) is 75.3. The number of nitrogens with one attached hydrogen (secondary N) is 4. The molecule has 4 aromatic rings. The fraction of sp³-hybridized carbons (Fsp3) is 0.500. The molecule has 0 bridgehead atoms. The van der Waals surface area contributed by atoms with Crippen molar-refractivity contribution in [1.29, 1.82) is 0 Å². The number of H-pyrrole nitrogens is 2. The highest BCUT2D eigenvalue weighted by molar-refractivity contribution is 5.89. The van der Waals surface area contributed by atoms with Crippen LogP contribution in [0.3, 0.4) is 0 Å². The number of rotatable bonds is 11. The van der Waals surface area contributed by atoms with E-state index in [1.54, 1.807) is 4.90 Å². The van der Waals surface area contributed by atoms with Gasteiger partial charge >= 0.3 is 12.1 Å². The van der Waals surface area contributed by atoms with Gasteiger partial charge in [-0.3, -0.25) is 9.59 Å². The molecule has 15 heteroatoms. The predicted molar refractivity (Wildman–Crippen MR) is 238 cm³/mol. The Hall–Kier alpha value is -5.96. The second-order valence-corrected chi connectivity index (χ2v) is 18.2.